The molecule has 0 amide bonds. The van der Waals surface area contributed by atoms with Crippen molar-refractivity contribution in [2.24, 2.45) is 0 Å². The number of rotatable bonds is 1. The van der Waals surface area contributed by atoms with E-state index >= 15 is 0 Å². The van der Waals surface area contributed by atoms with Crippen LogP contribution in [0, 0.1) is 0 Å². The van der Waals surface area contributed by atoms with Crippen LogP contribution in [0.25, 0.3) is 21.9 Å². The van der Waals surface area contributed by atoms with Gasteiger partial charge in [-0.05, 0) is 25.0 Å². The van der Waals surface area contributed by atoms with Gasteiger partial charge < -0.3 is 9.55 Å². The van der Waals surface area contributed by atoms with Crippen LogP contribution in [0.15, 0.2) is 35.4 Å². The summed E-state index contributed by atoms with van der Waals surface area (Å²) in [6.45, 7) is 0. The molecule has 1 N–H and O–H groups in total. The van der Waals surface area contributed by atoms with Crippen LogP contribution in [0.2, 0.25) is 0 Å². The Labute approximate surface area is 96.9 Å². The molecule has 1 aliphatic carbocycles. The monoisotopic (exact) mass is 225 g/mol. The van der Waals surface area contributed by atoms with E-state index in [-0.39, 0.29) is 5.56 Å². The van der Waals surface area contributed by atoms with Crippen molar-refractivity contribution in [3.8, 4) is 0 Å². The Morgan fingerprint density at radius 1 is 1.29 bits per heavy atom. The summed E-state index contributed by atoms with van der Waals surface area (Å²) in [5.41, 5.74) is 1.96. The summed E-state index contributed by atoms with van der Waals surface area (Å²) in [5, 5.41) is 2.07. The minimum Gasteiger partial charge on any atom is -0.346 e. The third-order valence-electron chi connectivity index (χ3n) is 3.38. The fraction of sp³-hybridized carbons (Fsp3) is 0.231. The minimum absolute atomic E-state index is 0.0914. The first-order valence-electron chi connectivity index (χ1n) is 5.82. The van der Waals surface area contributed by atoms with Crippen LogP contribution >= 0.6 is 0 Å². The van der Waals surface area contributed by atoms with E-state index in [0.29, 0.717) is 6.04 Å². The summed E-state index contributed by atoms with van der Waals surface area (Å²) >= 11 is 0. The molecular weight excluding hydrogens is 214 g/mol. The van der Waals surface area contributed by atoms with E-state index < -0.39 is 0 Å². The summed E-state index contributed by atoms with van der Waals surface area (Å²) in [7, 11) is 0. The molecule has 0 radical (unpaired) electrons. The molecule has 0 unspecified atom stereocenters. The zero-order chi connectivity index (χ0) is 11.4. The van der Waals surface area contributed by atoms with Crippen LogP contribution in [0.1, 0.15) is 18.9 Å². The second-order valence-corrected chi connectivity index (χ2v) is 4.57. The predicted octanol–water partition coefficient (Wildman–Crippen LogP) is 2.21. The van der Waals surface area contributed by atoms with Crippen molar-refractivity contribution in [1.29, 1.82) is 0 Å². The first kappa shape index (κ1) is 8.98. The number of aromatic amines is 1. The summed E-state index contributed by atoms with van der Waals surface area (Å²) in [6, 6.07) is 5.87. The lowest BCUT2D eigenvalue weighted by molar-refractivity contribution is 0.741. The average Bonchev–Trinajstić information content (AvgIpc) is 3.05. The third-order valence-corrected chi connectivity index (χ3v) is 3.38. The van der Waals surface area contributed by atoms with Crippen LogP contribution in [0.4, 0.5) is 0 Å². The van der Waals surface area contributed by atoms with Gasteiger partial charge in [-0.15, -0.1) is 0 Å². The molecule has 3 aromatic heterocycles. The number of fused-ring (bicyclic) bond motifs is 3. The third kappa shape index (κ3) is 1.18. The van der Waals surface area contributed by atoms with Crippen molar-refractivity contribution in [2.45, 2.75) is 18.9 Å². The van der Waals surface area contributed by atoms with Gasteiger partial charge in [0.25, 0.3) is 5.56 Å². The Bertz CT molecular complexity index is 780. The zero-order valence-electron chi connectivity index (χ0n) is 9.18. The first-order chi connectivity index (χ1) is 8.34. The highest BCUT2D eigenvalue weighted by molar-refractivity contribution is 6.02. The maximum atomic E-state index is 12.0. The number of nitrogens with zero attached hydrogens (tertiary/aromatic N) is 2. The molecule has 0 spiro atoms. The fourth-order valence-electron chi connectivity index (χ4n) is 2.45. The molecule has 0 saturated heterocycles. The van der Waals surface area contributed by atoms with Crippen LogP contribution in [-0.2, 0) is 0 Å². The maximum absolute atomic E-state index is 12.0. The molecule has 4 rings (SSSR count). The highest BCUT2D eigenvalue weighted by Crippen LogP contribution is 2.37. The molecular formula is C13H11N3O. The van der Waals surface area contributed by atoms with Crippen LogP contribution in [0.5, 0.6) is 0 Å². The largest absolute Gasteiger partial charge is 0.346 e. The normalized spacial score (nSPS) is 15.8. The number of hydrogen-bond acceptors (Lipinski definition) is 2. The SMILES string of the molecule is O=c1ccc2cnc3[nH]ccc3c2n1C1CC1. The van der Waals surface area contributed by atoms with Crippen molar-refractivity contribution in [3.05, 3.63) is 40.9 Å². The van der Waals surface area contributed by atoms with Gasteiger partial charge in [0.05, 0.1) is 5.52 Å². The fourth-order valence-corrected chi connectivity index (χ4v) is 2.45. The van der Waals surface area contributed by atoms with Crippen molar-refractivity contribution in [2.75, 3.05) is 0 Å². The van der Waals surface area contributed by atoms with Crippen LogP contribution < -0.4 is 5.56 Å². The molecule has 4 nitrogen and oxygen atoms in total. The van der Waals surface area contributed by atoms with Gasteiger partial charge >= 0.3 is 0 Å². The van der Waals surface area contributed by atoms with Crippen molar-refractivity contribution in [3.63, 3.8) is 0 Å². The first-order valence-corrected chi connectivity index (χ1v) is 5.82. The van der Waals surface area contributed by atoms with E-state index in [1.54, 1.807) is 6.07 Å². The Kier molecular flexibility index (Phi) is 1.57. The van der Waals surface area contributed by atoms with E-state index in [1.165, 1.54) is 0 Å². The highest BCUT2D eigenvalue weighted by atomic mass is 16.1. The van der Waals surface area contributed by atoms with Gasteiger partial charge in [-0.1, -0.05) is 0 Å². The number of nitrogens with one attached hydrogen (secondary N) is 1. The van der Waals surface area contributed by atoms with Crippen molar-refractivity contribution >= 4 is 21.9 Å². The number of aromatic nitrogens is 3. The second-order valence-electron chi connectivity index (χ2n) is 4.57. The molecule has 0 bridgehead atoms. The zero-order valence-corrected chi connectivity index (χ0v) is 9.18. The van der Waals surface area contributed by atoms with E-state index in [4.69, 9.17) is 0 Å². The van der Waals surface area contributed by atoms with E-state index in [2.05, 4.69) is 9.97 Å². The maximum Gasteiger partial charge on any atom is 0.251 e. The Morgan fingerprint density at radius 3 is 3.00 bits per heavy atom. The quantitative estimate of drug-likeness (QED) is 0.690. The molecule has 3 aromatic rings. The smallest absolute Gasteiger partial charge is 0.251 e. The van der Waals surface area contributed by atoms with Gasteiger partial charge in [0.2, 0.25) is 0 Å². The van der Waals surface area contributed by atoms with Gasteiger partial charge in [-0.3, -0.25) is 4.79 Å². The topological polar surface area (TPSA) is 50.7 Å². The van der Waals surface area contributed by atoms with Gasteiger partial charge in [-0.2, -0.15) is 0 Å². The molecule has 3 heterocycles. The van der Waals surface area contributed by atoms with Gasteiger partial charge in [0, 0.05) is 35.3 Å². The molecule has 84 valence electrons. The molecule has 4 heteroatoms. The molecule has 1 saturated carbocycles. The lowest BCUT2D eigenvalue weighted by Crippen LogP contribution is -2.18. The summed E-state index contributed by atoms with van der Waals surface area (Å²) in [4.78, 5) is 19.5. The molecule has 1 fully saturated rings. The average molecular weight is 225 g/mol. The second kappa shape index (κ2) is 2.97. The Morgan fingerprint density at radius 2 is 2.18 bits per heavy atom. The summed E-state index contributed by atoms with van der Waals surface area (Å²) in [5.74, 6) is 0. The molecule has 0 aromatic carbocycles. The molecule has 17 heavy (non-hydrogen) atoms. The van der Waals surface area contributed by atoms with E-state index in [0.717, 1.165) is 34.8 Å². The molecule has 1 aliphatic rings. The Hall–Kier alpha value is -2.10. The number of hydrogen-bond donors (Lipinski definition) is 1. The molecule has 0 aliphatic heterocycles. The van der Waals surface area contributed by atoms with Gasteiger partial charge in [-0.25, -0.2) is 4.98 Å². The van der Waals surface area contributed by atoms with Crippen molar-refractivity contribution in [1.82, 2.24) is 14.5 Å². The molecule has 0 atom stereocenters. The Balaban J connectivity index is 2.29. The van der Waals surface area contributed by atoms with Crippen LogP contribution in [-0.4, -0.2) is 14.5 Å². The highest BCUT2D eigenvalue weighted by Gasteiger charge is 2.26. The van der Waals surface area contributed by atoms with Crippen LogP contribution in [0.3, 0.4) is 0 Å². The lowest BCUT2D eigenvalue weighted by Gasteiger charge is -2.09. The lowest BCUT2D eigenvalue weighted by atomic mass is 10.2. The minimum atomic E-state index is 0.0914. The van der Waals surface area contributed by atoms with Gasteiger partial charge in [0.15, 0.2) is 0 Å². The van der Waals surface area contributed by atoms with Gasteiger partial charge in [0.1, 0.15) is 5.65 Å². The van der Waals surface area contributed by atoms with Crippen molar-refractivity contribution < 1.29 is 0 Å². The van der Waals surface area contributed by atoms with E-state index in [1.807, 2.05) is 29.1 Å². The predicted molar refractivity (Wildman–Crippen MR) is 66.1 cm³/mol. The number of H-pyrrole nitrogens is 1. The van der Waals surface area contributed by atoms with E-state index in [9.17, 15) is 4.79 Å². The number of pyridine rings is 2. The standard InChI is InChI=1S/C13H11N3O/c17-11-4-1-8-7-15-13-10(5-6-14-13)12(8)16(11)9-2-3-9/h1,4-7,9H,2-3H2,(H,14,15). The summed E-state index contributed by atoms with van der Waals surface area (Å²) < 4.78 is 1.92. The summed E-state index contributed by atoms with van der Waals surface area (Å²) in [6.07, 6.45) is 5.90.